The first kappa shape index (κ1) is 17.5. The van der Waals surface area contributed by atoms with Gasteiger partial charge in [-0.15, -0.1) is 0 Å². The average Bonchev–Trinajstić information content (AvgIpc) is 2.48. The van der Waals surface area contributed by atoms with Crippen molar-refractivity contribution in [1.29, 1.82) is 0 Å². The molecule has 1 amide bonds. The van der Waals surface area contributed by atoms with Crippen molar-refractivity contribution < 1.29 is 9.53 Å². The van der Waals surface area contributed by atoms with Crippen molar-refractivity contribution in [2.24, 2.45) is 0 Å². The van der Waals surface area contributed by atoms with Gasteiger partial charge < -0.3 is 14.5 Å². The summed E-state index contributed by atoms with van der Waals surface area (Å²) in [4.78, 5) is 14.7. The van der Waals surface area contributed by atoms with E-state index in [-0.39, 0.29) is 5.60 Å². The van der Waals surface area contributed by atoms with Crippen LogP contribution in [0.3, 0.4) is 0 Å². The van der Waals surface area contributed by atoms with E-state index in [9.17, 15) is 4.79 Å². The Labute approximate surface area is 128 Å². The van der Waals surface area contributed by atoms with E-state index in [1.807, 2.05) is 25.7 Å². The molecule has 4 heteroatoms. The van der Waals surface area contributed by atoms with Crippen molar-refractivity contribution in [2.45, 2.75) is 33.3 Å². The van der Waals surface area contributed by atoms with E-state index >= 15 is 0 Å². The van der Waals surface area contributed by atoms with Crippen LogP contribution in [0.5, 0.6) is 0 Å². The molecule has 0 saturated carbocycles. The smallest absolute Gasteiger partial charge is 0.209 e. The molecule has 1 aliphatic rings. The Balaban J connectivity index is 0.000000315. The minimum Gasteiger partial charge on any atom is -0.379 e. The van der Waals surface area contributed by atoms with Gasteiger partial charge in [-0.25, -0.2) is 0 Å². The fourth-order valence-electron chi connectivity index (χ4n) is 1.84. The van der Waals surface area contributed by atoms with E-state index in [2.05, 4.69) is 36.1 Å². The van der Waals surface area contributed by atoms with Gasteiger partial charge in [-0.05, 0) is 39.8 Å². The lowest BCUT2D eigenvalue weighted by molar-refractivity contribution is -0.118. The van der Waals surface area contributed by atoms with E-state index in [4.69, 9.17) is 4.74 Å². The third-order valence-electron chi connectivity index (χ3n) is 3.47. The molecule has 1 aliphatic heterocycles. The number of rotatable bonds is 2. The first-order valence-corrected chi connectivity index (χ1v) is 7.42. The SMILES string of the molecule is COC(C)(C)C.Cc1ccc(N2CCN(C=O)CC2)cc1. The van der Waals surface area contributed by atoms with Crippen LogP contribution < -0.4 is 4.90 Å². The second-order valence-corrected chi connectivity index (χ2v) is 6.28. The third kappa shape index (κ3) is 6.63. The maximum atomic E-state index is 10.6. The highest BCUT2D eigenvalue weighted by molar-refractivity contribution is 5.51. The zero-order valence-electron chi connectivity index (χ0n) is 13.9. The summed E-state index contributed by atoms with van der Waals surface area (Å²) in [6, 6.07) is 8.54. The molecule has 0 unspecified atom stereocenters. The van der Waals surface area contributed by atoms with Gasteiger partial charge in [0.25, 0.3) is 0 Å². The lowest BCUT2D eigenvalue weighted by Crippen LogP contribution is -2.45. The largest absolute Gasteiger partial charge is 0.379 e. The summed E-state index contributed by atoms with van der Waals surface area (Å²) in [6.45, 7) is 11.7. The maximum absolute atomic E-state index is 10.6. The third-order valence-corrected chi connectivity index (χ3v) is 3.47. The molecule has 1 aromatic carbocycles. The van der Waals surface area contributed by atoms with Crippen LogP contribution >= 0.6 is 0 Å². The molecular formula is C17H28N2O2. The second-order valence-electron chi connectivity index (χ2n) is 6.28. The van der Waals surface area contributed by atoms with E-state index in [1.54, 1.807) is 7.11 Å². The Morgan fingerprint density at radius 2 is 1.52 bits per heavy atom. The molecule has 118 valence electrons. The van der Waals surface area contributed by atoms with Gasteiger partial charge in [0.05, 0.1) is 5.60 Å². The molecule has 1 fully saturated rings. The Morgan fingerprint density at radius 1 is 1.05 bits per heavy atom. The van der Waals surface area contributed by atoms with Gasteiger partial charge in [0.1, 0.15) is 0 Å². The van der Waals surface area contributed by atoms with Crippen molar-refractivity contribution in [1.82, 2.24) is 4.90 Å². The monoisotopic (exact) mass is 292 g/mol. The molecular weight excluding hydrogens is 264 g/mol. The van der Waals surface area contributed by atoms with Crippen LogP contribution in [-0.2, 0) is 9.53 Å². The molecule has 0 N–H and O–H groups in total. The first-order valence-electron chi connectivity index (χ1n) is 7.42. The standard InChI is InChI=1S/C12H16N2O.C5H12O/c1-11-2-4-12(5-3-11)14-8-6-13(10-15)7-9-14;1-5(2,3)6-4/h2-5,10H,6-9H2,1H3;1-4H3. The van der Waals surface area contributed by atoms with Gasteiger partial charge in [0.2, 0.25) is 6.41 Å². The fourth-order valence-corrected chi connectivity index (χ4v) is 1.84. The Bertz CT molecular complexity index is 415. The summed E-state index contributed by atoms with van der Waals surface area (Å²) in [6.07, 6.45) is 0.937. The molecule has 1 aromatic rings. The van der Waals surface area contributed by atoms with Crippen LogP contribution in [0.1, 0.15) is 26.3 Å². The molecule has 0 aromatic heterocycles. The number of anilines is 1. The minimum atomic E-state index is 0.0417. The lowest BCUT2D eigenvalue weighted by Gasteiger charge is -2.34. The molecule has 0 spiro atoms. The molecule has 0 radical (unpaired) electrons. The van der Waals surface area contributed by atoms with Crippen LogP contribution in [-0.4, -0.2) is 50.2 Å². The summed E-state index contributed by atoms with van der Waals surface area (Å²) in [5, 5.41) is 0. The predicted molar refractivity (Wildman–Crippen MR) is 87.8 cm³/mol. The average molecular weight is 292 g/mol. The zero-order valence-corrected chi connectivity index (χ0v) is 13.9. The Hall–Kier alpha value is -1.55. The van der Waals surface area contributed by atoms with Crippen molar-refractivity contribution in [3.63, 3.8) is 0 Å². The highest BCUT2D eigenvalue weighted by atomic mass is 16.5. The van der Waals surface area contributed by atoms with E-state index in [0.717, 1.165) is 32.6 Å². The summed E-state index contributed by atoms with van der Waals surface area (Å²) in [5.41, 5.74) is 2.58. The number of nitrogens with zero attached hydrogens (tertiary/aromatic N) is 2. The van der Waals surface area contributed by atoms with Gasteiger partial charge in [0.15, 0.2) is 0 Å². The minimum absolute atomic E-state index is 0.0417. The normalized spacial score (nSPS) is 15.3. The number of methoxy groups -OCH3 is 1. The summed E-state index contributed by atoms with van der Waals surface area (Å²) >= 11 is 0. The van der Waals surface area contributed by atoms with Crippen molar-refractivity contribution in [2.75, 3.05) is 38.2 Å². The van der Waals surface area contributed by atoms with Crippen LogP contribution in [0.15, 0.2) is 24.3 Å². The Morgan fingerprint density at radius 3 is 1.90 bits per heavy atom. The van der Waals surface area contributed by atoms with E-state index in [0.29, 0.717) is 0 Å². The van der Waals surface area contributed by atoms with E-state index < -0.39 is 0 Å². The molecule has 0 atom stereocenters. The summed E-state index contributed by atoms with van der Waals surface area (Å²) in [5.74, 6) is 0. The number of amides is 1. The molecule has 4 nitrogen and oxygen atoms in total. The quantitative estimate of drug-likeness (QED) is 0.786. The number of benzene rings is 1. The van der Waals surface area contributed by atoms with Gasteiger partial charge in [-0.2, -0.15) is 0 Å². The molecule has 1 heterocycles. The summed E-state index contributed by atoms with van der Waals surface area (Å²) in [7, 11) is 1.71. The maximum Gasteiger partial charge on any atom is 0.209 e. The van der Waals surface area contributed by atoms with Gasteiger partial charge in [-0.1, -0.05) is 17.7 Å². The number of hydrogen-bond acceptors (Lipinski definition) is 3. The first-order chi connectivity index (χ1) is 9.85. The number of piperazine rings is 1. The molecule has 2 rings (SSSR count). The van der Waals surface area contributed by atoms with Gasteiger partial charge >= 0.3 is 0 Å². The van der Waals surface area contributed by atoms with Gasteiger partial charge in [0, 0.05) is 39.0 Å². The van der Waals surface area contributed by atoms with Crippen LogP contribution in [0.2, 0.25) is 0 Å². The van der Waals surface area contributed by atoms with Gasteiger partial charge in [-0.3, -0.25) is 4.79 Å². The highest BCUT2D eigenvalue weighted by Gasteiger charge is 2.15. The topological polar surface area (TPSA) is 32.8 Å². The van der Waals surface area contributed by atoms with Crippen LogP contribution in [0.4, 0.5) is 5.69 Å². The second kappa shape index (κ2) is 8.03. The number of carbonyl (C=O) groups is 1. The van der Waals surface area contributed by atoms with Crippen molar-refractivity contribution >= 4 is 12.1 Å². The van der Waals surface area contributed by atoms with Crippen LogP contribution in [0.25, 0.3) is 0 Å². The molecule has 0 aliphatic carbocycles. The molecule has 0 bridgehead atoms. The number of carbonyl (C=O) groups excluding carboxylic acids is 1. The Kier molecular flexibility index (Phi) is 6.69. The summed E-state index contributed by atoms with van der Waals surface area (Å²) < 4.78 is 4.94. The molecule has 21 heavy (non-hydrogen) atoms. The number of aryl methyl sites for hydroxylation is 1. The zero-order chi connectivity index (χ0) is 15.9. The van der Waals surface area contributed by atoms with E-state index in [1.165, 1.54) is 11.3 Å². The fraction of sp³-hybridized carbons (Fsp3) is 0.588. The highest BCUT2D eigenvalue weighted by Crippen LogP contribution is 2.16. The van der Waals surface area contributed by atoms with Crippen molar-refractivity contribution in [3.05, 3.63) is 29.8 Å². The lowest BCUT2D eigenvalue weighted by atomic mass is 10.2. The predicted octanol–water partition coefficient (Wildman–Crippen LogP) is 2.70. The van der Waals surface area contributed by atoms with Crippen LogP contribution in [0, 0.1) is 6.92 Å². The number of ether oxygens (including phenoxy) is 1. The molecule has 1 saturated heterocycles. The van der Waals surface area contributed by atoms with Crippen molar-refractivity contribution in [3.8, 4) is 0 Å². The number of hydrogen-bond donors (Lipinski definition) is 0.